The van der Waals surface area contributed by atoms with Crippen LogP contribution in [-0.2, 0) is 0 Å². The summed E-state index contributed by atoms with van der Waals surface area (Å²) in [4.78, 5) is 1.38. The summed E-state index contributed by atoms with van der Waals surface area (Å²) in [6, 6.07) is 7.25. The highest BCUT2D eigenvalue weighted by Gasteiger charge is 2.22. The molecule has 1 nitrogen and oxygen atoms in total. The summed E-state index contributed by atoms with van der Waals surface area (Å²) < 4.78 is 0. The number of thioether (sulfide) groups is 1. The molecule has 1 heterocycles. The normalized spacial score (nSPS) is 21.4. The lowest BCUT2D eigenvalue weighted by Gasteiger charge is -2.30. The Morgan fingerprint density at radius 3 is 2.82 bits per heavy atom. The molecule has 3 heteroatoms. The van der Waals surface area contributed by atoms with Crippen LogP contribution in [-0.4, -0.2) is 11.8 Å². The number of hydrogen-bond donors (Lipinski definition) is 1. The molecule has 0 saturated carbocycles. The van der Waals surface area contributed by atoms with Crippen LogP contribution < -0.4 is 5.32 Å². The predicted octanol–water partition coefficient (Wildman–Crippen LogP) is 4.51. The number of benzene rings is 1. The fraction of sp³-hybridized carbons (Fsp3) is 0.571. The van der Waals surface area contributed by atoms with Gasteiger partial charge in [0.25, 0.3) is 0 Å². The van der Waals surface area contributed by atoms with Crippen molar-refractivity contribution >= 4 is 23.4 Å². The summed E-state index contributed by atoms with van der Waals surface area (Å²) >= 11 is 8.04. The Labute approximate surface area is 113 Å². The highest BCUT2D eigenvalue weighted by atomic mass is 35.5. The van der Waals surface area contributed by atoms with Crippen LogP contribution in [0.1, 0.15) is 38.8 Å². The first-order chi connectivity index (χ1) is 8.08. The molecule has 0 aliphatic carbocycles. The van der Waals surface area contributed by atoms with E-state index in [2.05, 4.69) is 38.2 Å². The summed E-state index contributed by atoms with van der Waals surface area (Å²) in [6.07, 6.45) is 1.19. The van der Waals surface area contributed by atoms with E-state index in [0.29, 0.717) is 18.0 Å². The first-order valence-electron chi connectivity index (χ1n) is 6.26. The Kier molecular flexibility index (Phi) is 4.40. The van der Waals surface area contributed by atoms with Crippen LogP contribution in [0.25, 0.3) is 0 Å². The number of hydrogen-bond acceptors (Lipinski definition) is 2. The molecule has 1 aliphatic heterocycles. The zero-order chi connectivity index (χ0) is 12.4. The quantitative estimate of drug-likeness (QED) is 0.866. The van der Waals surface area contributed by atoms with E-state index in [-0.39, 0.29) is 0 Å². The maximum Gasteiger partial charge on any atom is 0.0410 e. The molecule has 0 aromatic heterocycles. The van der Waals surface area contributed by atoms with Gasteiger partial charge in [0.2, 0.25) is 0 Å². The lowest BCUT2D eigenvalue weighted by atomic mass is 9.99. The van der Waals surface area contributed by atoms with Crippen molar-refractivity contribution in [1.29, 1.82) is 0 Å². The molecule has 0 fully saturated rings. The Bertz CT molecular complexity index is 392. The maximum atomic E-state index is 6.10. The van der Waals surface area contributed by atoms with Crippen LogP contribution in [0, 0.1) is 5.92 Å². The van der Waals surface area contributed by atoms with Crippen molar-refractivity contribution in [2.45, 2.75) is 44.2 Å². The molecule has 0 bridgehead atoms. The first kappa shape index (κ1) is 13.3. The van der Waals surface area contributed by atoms with Crippen LogP contribution in [0.15, 0.2) is 23.1 Å². The summed E-state index contributed by atoms with van der Waals surface area (Å²) in [5.41, 5.74) is 1.38. The van der Waals surface area contributed by atoms with Crippen LogP contribution in [0.5, 0.6) is 0 Å². The van der Waals surface area contributed by atoms with Gasteiger partial charge in [-0.25, -0.2) is 0 Å². The minimum Gasteiger partial charge on any atom is -0.307 e. The Morgan fingerprint density at radius 1 is 1.35 bits per heavy atom. The second kappa shape index (κ2) is 5.64. The van der Waals surface area contributed by atoms with E-state index in [9.17, 15) is 0 Å². The predicted molar refractivity (Wildman–Crippen MR) is 77.0 cm³/mol. The molecular weight excluding hydrogens is 250 g/mol. The summed E-state index contributed by atoms with van der Waals surface area (Å²) in [5.74, 6) is 1.85. The Balaban J connectivity index is 2.19. The van der Waals surface area contributed by atoms with Crippen molar-refractivity contribution in [3.05, 3.63) is 28.8 Å². The van der Waals surface area contributed by atoms with E-state index in [1.807, 2.05) is 17.8 Å². The molecule has 1 aromatic rings. The highest BCUT2D eigenvalue weighted by Crippen LogP contribution is 2.37. The first-order valence-corrected chi connectivity index (χ1v) is 7.62. The van der Waals surface area contributed by atoms with Crippen LogP contribution >= 0.6 is 23.4 Å². The molecule has 0 radical (unpaired) electrons. The molecule has 2 atom stereocenters. The highest BCUT2D eigenvalue weighted by molar-refractivity contribution is 7.99. The molecule has 0 saturated heterocycles. The fourth-order valence-electron chi connectivity index (χ4n) is 2.05. The molecule has 1 aromatic carbocycles. The van der Waals surface area contributed by atoms with Gasteiger partial charge in [-0.3, -0.25) is 0 Å². The third-order valence-electron chi connectivity index (χ3n) is 3.48. The molecule has 1 N–H and O–H groups in total. The van der Waals surface area contributed by atoms with Crippen molar-refractivity contribution in [3.63, 3.8) is 0 Å². The lowest BCUT2D eigenvalue weighted by molar-refractivity contribution is 0.367. The Morgan fingerprint density at radius 2 is 2.12 bits per heavy atom. The van der Waals surface area contributed by atoms with Gasteiger partial charge in [0.15, 0.2) is 0 Å². The molecule has 2 rings (SSSR count). The van der Waals surface area contributed by atoms with Crippen molar-refractivity contribution in [1.82, 2.24) is 5.32 Å². The molecule has 1 aliphatic rings. The van der Waals surface area contributed by atoms with Gasteiger partial charge >= 0.3 is 0 Å². The van der Waals surface area contributed by atoms with E-state index < -0.39 is 0 Å². The average Bonchev–Trinajstić information content (AvgIpc) is 2.29. The zero-order valence-electron chi connectivity index (χ0n) is 10.7. The van der Waals surface area contributed by atoms with E-state index >= 15 is 0 Å². The second-order valence-corrected chi connectivity index (χ2v) is 6.64. The molecule has 94 valence electrons. The molecular formula is C14H20ClNS. The number of rotatable bonds is 3. The van der Waals surface area contributed by atoms with Crippen LogP contribution in [0.3, 0.4) is 0 Å². The second-order valence-electron chi connectivity index (χ2n) is 5.07. The van der Waals surface area contributed by atoms with Gasteiger partial charge in [0.05, 0.1) is 0 Å². The van der Waals surface area contributed by atoms with Gasteiger partial charge < -0.3 is 5.32 Å². The van der Waals surface area contributed by atoms with Gasteiger partial charge in [0.1, 0.15) is 0 Å². The van der Waals surface area contributed by atoms with Gasteiger partial charge in [-0.05, 0) is 48.8 Å². The number of nitrogens with one attached hydrogen (secondary N) is 1. The standard InChI is InChI=1S/C14H20ClNS/c1-9(2)10(3)16-13-6-7-17-14-5-4-11(15)8-12(13)14/h4-5,8-10,13,16H,6-7H2,1-3H3. The van der Waals surface area contributed by atoms with Crippen molar-refractivity contribution in [2.24, 2.45) is 5.92 Å². The molecule has 0 amide bonds. The van der Waals surface area contributed by atoms with E-state index in [1.165, 1.54) is 22.6 Å². The van der Waals surface area contributed by atoms with Gasteiger partial charge in [-0.1, -0.05) is 25.4 Å². The average molecular weight is 270 g/mol. The smallest absolute Gasteiger partial charge is 0.0410 e. The summed E-state index contributed by atoms with van der Waals surface area (Å²) in [6.45, 7) is 6.78. The maximum absolute atomic E-state index is 6.10. The molecule has 0 spiro atoms. The topological polar surface area (TPSA) is 12.0 Å². The van der Waals surface area contributed by atoms with Crippen molar-refractivity contribution in [2.75, 3.05) is 5.75 Å². The molecule has 17 heavy (non-hydrogen) atoms. The van der Waals surface area contributed by atoms with E-state index in [1.54, 1.807) is 0 Å². The minimum atomic E-state index is 0.461. The Hall–Kier alpha value is -0.180. The fourth-order valence-corrected chi connectivity index (χ4v) is 3.33. The van der Waals surface area contributed by atoms with Gasteiger partial charge in [-0.15, -0.1) is 11.8 Å². The third kappa shape index (κ3) is 3.18. The lowest BCUT2D eigenvalue weighted by Crippen LogP contribution is -2.35. The summed E-state index contributed by atoms with van der Waals surface area (Å²) in [7, 11) is 0. The van der Waals surface area contributed by atoms with E-state index in [0.717, 1.165) is 5.02 Å². The molecule has 2 unspecified atom stereocenters. The SMILES string of the molecule is CC(C)C(C)NC1CCSc2ccc(Cl)cc21. The minimum absolute atomic E-state index is 0.461. The third-order valence-corrected chi connectivity index (χ3v) is 4.83. The monoisotopic (exact) mass is 269 g/mol. The van der Waals surface area contributed by atoms with E-state index in [4.69, 9.17) is 11.6 Å². The zero-order valence-corrected chi connectivity index (χ0v) is 12.2. The number of halogens is 1. The van der Waals surface area contributed by atoms with Crippen LogP contribution in [0.2, 0.25) is 5.02 Å². The van der Waals surface area contributed by atoms with Gasteiger partial charge in [0, 0.05) is 22.0 Å². The van der Waals surface area contributed by atoms with Gasteiger partial charge in [-0.2, -0.15) is 0 Å². The largest absolute Gasteiger partial charge is 0.307 e. The van der Waals surface area contributed by atoms with Crippen LogP contribution in [0.4, 0.5) is 0 Å². The van der Waals surface area contributed by atoms with Crippen molar-refractivity contribution < 1.29 is 0 Å². The number of fused-ring (bicyclic) bond motifs is 1. The van der Waals surface area contributed by atoms with Crippen molar-refractivity contribution in [3.8, 4) is 0 Å². The summed E-state index contributed by atoms with van der Waals surface area (Å²) in [5, 5.41) is 4.57.